The normalized spacial score (nSPS) is 11.5. The molecule has 3 aromatic heterocycles. The van der Waals surface area contributed by atoms with Crippen molar-refractivity contribution < 1.29 is 0 Å². The van der Waals surface area contributed by atoms with Gasteiger partial charge in [0.25, 0.3) is 0 Å². The van der Waals surface area contributed by atoms with Gasteiger partial charge in [-0.1, -0.05) is 18.2 Å². The minimum Gasteiger partial charge on any atom is -0.320 e. The third kappa shape index (κ3) is 2.09. The standard InChI is InChI=1S/C15H11ClN4S/c16-5-14-19-13-6-17-12-4-2-1-3-11(12)15(13)20(14)7-10-8-21-9-18-10/h1-4,6,8-9H,5,7H2. The Morgan fingerprint density at radius 2 is 2.05 bits per heavy atom. The summed E-state index contributed by atoms with van der Waals surface area (Å²) in [6.45, 7) is 0.677. The molecule has 4 nitrogen and oxygen atoms in total. The molecule has 4 aromatic rings. The molecule has 0 radical (unpaired) electrons. The highest BCUT2D eigenvalue weighted by molar-refractivity contribution is 7.07. The van der Waals surface area contributed by atoms with Gasteiger partial charge in [-0.05, 0) is 6.07 Å². The van der Waals surface area contributed by atoms with Crippen LogP contribution in [0.3, 0.4) is 0 Å². The number of aromatic nitrogens is 4. The highest BCUT2D eigenvalue weighted by atomic mass is 35.5. The van der Waals surface area contributed by atoms with E-state index in [0.29, 0.717) is 12.4 Å². The Morgan fingerprint density at radius 3 is 2.86 bits per heavy atom. The molecule has 4 rings (SSSR count). The topological polar surface area (TPSA) is 43.6 Å². The van der Waals surface area contributed by atoms with Crippen LogP contribution in [-0.4, -0.2) is 19.5 Å². The molecule has 0 aliphatic heterocycles. The third-order valence-corrected chi connectivity index (χ3v) is 4.36. The summed E-state index contributed by atoms with van der Waals surface area (Å²) in [4.78, 5) is 13.4. The minimum atomic E-state index is 0.368. The molecular formula is C15H11ClN4S. The minimum absolute atomic E-state index is 0.368. The zero-order chi connectivity index (χ0) is 14.2. The van der Waals surface area contributed by atoms with Crippen molar-refractivity contribution in [1.29, 1.82) is 0 Å². The lowest BCUT2D eigenvalue weighted by Crippen LogP contribution is -2.04. The fourth-order valence-electron chi connectivity index (χ4n) is 2.56. The van der Waals surface area contributed by atoms with Crippen molar-refractivity contribution in [3.8, 4) is 0 Å². The first kappa shape index (κ1) is 12.7. The van der Waals surface area contributed by atoms with E-state index >= 15 is 0 Å². The fourth-order valence-corrected chi connectivity index (χ4v) is 3.31. The summed E-state index contributed by atoms with van der Waals surface area (Å²) in [7, 11) is 0. The van der Waals surface area contributed by atoms with E-state index in [2.05, 4.69) is 25.6 Å². The first-order chi connectivity index (χ1) is 10.4. The lowest BCUT2D eigenvalue weighted by Gasteiger charge is -2.07. The van der Waals surface area contributed by atoms with Crippen LogP contribution in [0.4, 0.5) is 0 Å². The van der Waals surface area contributed by atoms with E-state index in [-0.39, 0.29) is 0 Å². The predicted molar refractivity (Wildman–Crippen MR) is 85.8 cm³/mol. The lowest BCUT2D eigenvalue weighted by molar-refractivity contribution is 0.764. The van der Waals surface area contributed by atoms with Crippen LogP contribution in [0.2, 0.25) is 0 Å². The maximum atomic E-state index is 6.07. The first-order valence-electron chi connectivity index (χ1n) is 6.52. The number of thiazole rings is 1. The predicted octanol–water partition coefficient (Wildman–Crippen LogP) is 3.83. The Labute approximate surface area is 130 Å². The fraction of sp³-hybridized carbons (Fsp3) is 0.133. The second-order valence-electron chi connectivity index (χ2n) is 4.74. The molecular weight excluding hydrogens is 304 g/mol. The van der Waals surface area contributed by atoms with Gasteiger partial charge in [-0.2, -0.15) is 0 Å². The molecule has 0 atom stereocenters. The van der Waals surface area contributed by atoms with Crippen LogP contribution >= 0.6 is 22.9 Å². The number of hydrogen-bond donors (Lipinski definition) is 0. The van der Waals surface area contributed by atoms with Gasteiger partial charge in [-0.3, -0.25) is 4.98 Å². The number of imidazole rings is 1. The number of fused-ring (bicyclic) bond motifs is 3. The van der Waals surface area contributed by atoms with Gasteiger partial charge in [0.05, 0.1) is 40.9 Å². The van der Waals surface area contributed by atoms with Gasteiger partial charge in [0, 0.05) is 10.8 Å². The number of rotatable bonds is 3. The maximum absolute atomic E-state index is 6.07. The molecule has 0 unspecified atom stereocenters. The van der Waals surface area contributed by atoms with Crippen molar-refractivity contribution in [1.82, 2.24) is 19.5 Å². The van der Waals surface area contributed by atoms with E-state index in [0.717, 1.165) is 33.5 Å². The van der Waals surface area contributed by atoms with Crippen LogP contribution < -0.4 is 0 Å². The van der Waals surface area contributed by atoms with E-state index in [1.54, 1.807) is 11.3 Å². The summed E-state index contributed by atoms with van der Waals surface area (Å²) in [5.41, 5.74) is 5.77. The average Bonchev–Trinajstić information content (AvgIpc) is 3.15. The highest BCUT2D eigenvalue weighted by Gasteiger charge is 2.14. The average molecular weight is 315 g/mol. The quantitative estimate of drug-likeness (QED) is 0.540. The smallest absolute Gasteiger partial charge is 0.125 e. The second-order valence-corrected chi connectivity index (χ2v) is 5.72. The summed E-state index contributed by atoms with van der Waals surface area (Å²) in [5, 5.41) is 3.14. The highest BCUT2D eigenvalue weighted by Crippen LogP contribution is 2.26. The van der Waals surface area contributed by atoms with Gasteiger partial charge in [0.1, 0.15) is 11.3 Å². The van der Waals surface area contributed by atoms with Gasteiger partial charge in [0.15, 0.2) is 0 Å². The Kier molecular flexibility index (Phi) is 3.09. The molecule has 0 amide bonds. The number of para-hydroxylation sites is 1. The SMILES string of the molecule is ClCc1nc2cnc3ccccc3c2n1Cc1cscn1. The Hall–Kier alpha value is -1.98. The van der Waals surface area contributed by atoms with Crippen molar-refractivity contribution in [2.75, 3.05) is 0 Å². The number of pyridine rings is 1. The largest absolute Gasteiger partial charge is 0.320 e. The van der Waals surface area contributed by atoms with E-state index in [4.69, 9.17) is 11.6 Å². The van der Waals surface area contributed by atoms with Gasteiger partial charge in [0.2, 0.25) is 0 Å². The van der Waals surface area contributed by atoms with Crippen LogP contribution in [0, 0.1) is 0 Å². The third-order valence-electron chi connectivity index (χ3n) is 3.48. The zero-order valence-electron chi connectivity index (χ0n) is 11.0. The lowest BCUT2D eigenvalue weighted by atomic mass is 10.2. The number of hydrogen-bond acceptors (Lipinski definition) is 4. The molecule has 1 aromatic carbocycles. The van der Waals surface area contributed by atoms with Crippen molar-refractivity contribution in [2.45, 2.75) is 12.4 Å². The second kappa shape index (κ2) is 5.09. The molecule has 0 aliphatic rings. The number of alkyl halides is 1. The summed E-state index contributed by atoms with van der Waals surface area (Å²) in [5.74, 6) is 1.21. The summed E-state index contributed by atoms with van der Waals surface area (Å²) < 4.78 is 2.14. The molecule has 0 spiro atoms. The molecule has 3 heterocycles. The molecule has 0 N–H and O–H groups in total. The maximum Gasteiger partial charge on any atom is 0.125 e. The Morgan fingerprint density at radius 1 is 1.14 bits per heavy atom. The monoisotopic (exact) mass is 314 g/mol. The Bertz CT molecular complexity index is 914. The van der Waals surface area contributed by atoms with Gasteiger partial charge < -0.3 is 4.57 Å². The molecule has 0 saturated heterocycles. The number of nitrogens with zero attached hydrogens (tertiary/aromatic N) is 4. The van der Waals surface area contributed by atoms with E-state index < -0.39 is 0 Å². The Balaban J connectivity index is 2.03. The van der Waals surface area contributed by atoms with Gasteiger partial charge >= 0.3 is 0 Å². The molecule has 0 bridgehead atoms. The summed E-state index contributed by atoms with van der Waals surface area (Å²) in [6.07, 6.45) is 1.81. The van der Waals surface area contributed by atoms with Crippen molar-refractivity contribution in [3.63, 3.8) is 0 Å². The van der Waals surface area contributed by atoms with Crippen molar-refractivity contribution in [2.24, 2.45) is 0 Å². The summed E-state index contributed by atoms with van der Waals surface area (Å²) in [6, 6.07) is 8.09. The molecule has 0 fully saturated rings. The van der Waals surface area contributed by atoms with Gasteiger partial charge in [-0.25, -0.2) is 9.97 Å². The molecule has 21 heavy (non-hydrogen) atoms. The molecule has 0 saturated carbocycles. The molecule has 0 aliphatic carbocycles. The van der Waals surface area contributed by atoms with Gasteiger partial charge in [-0.15, -0.1) is 22.9 Å². The van der Waals surface area contributed by atoms with Crippen LogP contribution in [0.25, 0.3) is 21.9 Å². The molecule has 104 valence electrons. The van der Waals surface area contributed by atoms with Crippen LogP contribution in [0.15, 0.2) is 41.4 Å². The van der Waals surface area contributed by atoms with Crippen LogP contribution in [-0.2, 0) is 12.4 Å². The number of benzene rings is 1. The first-order valence-corrected chi connectivity index (χ1v) is 8.00. The van der Waals surface area contributed by atoms with Crippen molar-refractivity contribution in [3.05, 3.63) is 52.9 Å². The van der Waals surface area contributed by atoms with Crippen LogP contribution in [0.5, 0.6) is 0 Å². The van der Waals surface area contributed by atoms with E-state index in [1.165, 1.54) is 0 Å². The zero-order valence-corrected chi connectivity index (χ0v) is 12.6. The van der Waals surface area contributed by atoms with Crippen LogP contribution in [0.1, 0.15) is 11.5 Å². The summed E-state index contributed by atoms with van der Waals surface area (Å²) >= 11 is 7.67. The van der Waals surface area contributed by atoms with Crippen molar-refractivity contribution >= 4 is 44.9 Å². The molecule has 6 heteroatoms. The van der Waals surface area contributed by atoms with E-state index in [9.17, 15) is 0 Å². The van der Waals surface area contributed by atoms with E-state index in [1.807, 2.05) is 35.3 Å². The number of halogens is 1.